The van der Waals surface area contributed by atoms with Crippen LogP contribution in [0.1, 0.15) is 30.6 Å². The van der Waals surface area contributed by atoms with Crippen molar-refractivity contribution in [1.82, 2.24) is 9.78 Å². The fourth-order valence-corrected chi connectivity index (χ4v) is 1.91. The third kappa shape index (κ3) is 3.15. The number of ketones is 1. The van der Waals surface area contributed by atoms with Crippen molar-refractivity contribution in [2.24, 2.45) is 0 Å². The summed E-state index contributed by atoms with van der Waals surface area (Å²) >= 11 is 6.17. The highest BCUT2D eigenvalue weighted by Crippen LogP contribution is 2.23. The highest BCUT2D eigenvalue weighted by atomic mass is 35.5. The molecular weight excluding hydrogens is 264 g/mol. The quantitative estimate of drug-likeness (QED) is 0.786. The molecule has 0 aliphatic carbocycles. The van der Waals surface area contributed by atoms with E-state index < -0.39 is 0 Å². The SMILES string of the molecule is CCCOc1cnn(-c2ccc(C(C)=O)cc2Cl)c1. The van der Waals surface area contributed by atoms with Crippen LogP contribution in [0.25, 0.3) is 5.69 Å². The topological polar surface area (TPSA) is 44.1 Å². The Labute approximate surface area is 116 Å². The van der Waals surface area contributed by atoms with Gasteiger partial charge in [0.1, 0.15) is 0 Å². The summed E-state index contributed by atoms with van der Waals surface area (Å²) < 4.78 is 7.11. The van der Waals surface area contributed by atoms with Crippen LogP contribution in [0.15, 0.2) is 30.6 Å². The summed E-state index contributed by atoms with van der Waals surface area (Å²) in [5.74, 6) is 0.689. The van der Waals surface area contributed by atoms with Gasteiger partial charge >= 0.3 is 0 Å². The van der Waals surface area contributed by atoms with Gasteiger partial charge in [0.05, 0.1) is 29.7 Å². The van der Waals surface area contributed by atoms with E-state index in [1.807, 2.05) is 6.92 Å². The second kappa shape index (κ2) is 5.89. The van der Waals surface area contributed by atoms with Crippen molar-refractivity contribution < 1.29 is 9.53 Å². The number of halogens is 1. The Morgan fingerprint density at radius 3 is 2.89 bits per heavy atom. The first-order valence-electron chi connectivity index (χ1n) is 6.10. The number of rotatable bonds is 5. The summed E-state index contributed by atoms with van der Waals surface area (Å²) in [6.45, 7) is 4.21. The molecule has 1 aromatic heterocycles. The smallest absolute Gasteiger partial charge is 0.159 e. The number of hydrogen-bond acceptors (Lipinski definition) is 3. The number of hydrogen-bond donors (Lipinski definition) is 0. The van der Waals surface area contributed by atoms with Crippen molar-refractivity contribution in [3.05, 3.63) is 41.2 Å². The van der Waals surface area contributed by atoms with E-state index in [1.165, 1.54) is 6.92 Å². The number of carbonyl (C=O) groups excluding carboxylic acids is 1. The Bertz CT molecular complexity index is 593. The molecule has 1 heterocycles. The second-order valence-electron chi connectivity index (χ2n) is 4.19. The highest BCUT2D eigenvalue weighted by Gasteiger charge is 2.08. The molecule has 2 rings (SSSR count). The normalized spacial score (nSPS) is 10.5. The Morgan fingerprint density at radius 1 is 1.47 bits per heavy atom. The minimum atomic E-state index is -0.0131. The summed E-state index contributed by atoms with van der Waals surface area (Å²) in [6.07, 6.45) is 4.36. The van der Waals surface area contributed by atoms with Gasteiger partial charge in [-0.3, -0.25) is 4.79 Å². The molecule has 19 heavy (non-hydrogen) atoms. The largest absolute Gasteiger partial charge is 0.490 e. The number of Topliss-reactive ketones (excluding diaryl/α,β-unsaturated/α-hetero) is 1. The molecule has 4 nitrogen and oxygen atoms in total. The average Bonchev–Trinajstić information content (AvgIpc) is 2.84. The lowest BCUT2D eigenvalue weighted by Crippen LogP contribution is -1.98. The Kier molecular flexibility index (Phi) is 4.22. The third-order valence-electron chi connectivity index (χ3n) is 2.63. The van der Waals surface area contributed by atoms with Crippen LogP contribution >= 0.6 is 11.6 Å². The van der Waals surface area contributed by atoms with Gasteiger partial charge in [0, 0.05) is 5.56 Å². The van der Waals surface area contributed by atoms with Crippen molar-refractivity contribution in [2.45, 2.75) is 20.3 Å². The van der Waals surface area contributed by atoms with E-state index in [9.17, 15) is 4.79 Å². The van der Waals surface area contributed by atoms with Crippen molar-refractivity contribution in [1.29, 1.82) is 0 Å². The molecule has 0 saturated carbocycles. The van der Waals surface area contributed by atoms with Crippen LogP contribution in [0.5, 0.6) is 5.75 Å². The maximum atomic E-state index is 11.3. The first kappa shape index (κ1) is 13.6. The zero-order valence-corrected chi connectivity index (χ0v) is 11.6. The van der Waals surface area contributed by atoms with E-state index in [0.717, 1.165) is 12.1 Å². The van der Waals surface area contributed by atoms with E-state index in [4.69, 9.17) is 16.3 Å². The van der Waals surface area contributed by atoms with Gasteiger partial charge in [-0.05, 0) is 31.5 Å². The van der Waals surface area contributed by atoms with Gasteiger partial charge in [-0.2, -0.15) is 5.10 Å². The molecule has 0 bridgehead atoms. The summed E-state index contributed by atoms with van der Waals surface area (Å²) in [7, 11) is 0. The molecular formula is C14H15ClN2O2. The van der Waals surface area contributed by atoms with Crippen molar-refractivity contribution in [2.75, 3.05) is 6.61 Å². The predicted octanol–water partition coefficient (Wildman–Crippen LogP) is 3.52. The van der Waals surface area contributed by atoms with Gasteiger partial charge < -0.3 is 4.74 Å². The average molecular weight is 279 g/mol. The lowest BCUT2D eigenvalue weighted by Gasteiger charge is -2.05. The summed E-state index contributed by atoms with van der Waals surface area (Å²) in [4.78, 5) is 11.3. The predicted molar refractivity (Wildman–Crippen MR) is 74.4 cm³/mol. The molecule has 0 aliphatic heterocycles. The van der Waals surface area contributed by atoms with Crippen molar-refractivity contribution in [3.63, 3.8) is 0 Å². The first-order valence-corrected chi connectivity index (χ1v) is 6.48. The van der Waals surface area contributed by atoms with E-state index in [2.05, 4.69) is 5.10 Å². The zero-order chi connectivity index (χ0) is 13.8. The number of aromatic nitrogens is 2. The van der Waals surface area contributed by atoms with Crippen LogP contribution in [-0.2, 0) is 0 Å². The van der Waals surface area contributed by atoms with E-state index in [0.29, 0.717) is 22.9 Å². The van der Waals surface area contributed by atoms with E-state index in [1.54, 1.807) is 35.3 Å². The fraction of sp³-hybridized carbons (Fsp3) is 0.286. The molecule has 0 radical (unpaired) electrons. The van der Waals surface area contributed by atoms with Gasteiger partial charge in [0.2, 0.25) is 0 Å². The van der Waals surface area contributed by atoms with Gasteiger partial charge in [0.15, 0.2) is 11.5 Å². The molecule has 5 heteroatoms. The molecule has 0 saturated heterocycles. The molecule has 0 N–H and O–H groups in total. The zero-order valence-electron chi connectivity index (χ0n) is 10.9. The van der Waals surface area contributed by atoms with Crippen LogP contribution in [0, 0.1) is 0 Å². The number of benzene rings is 1. The minimum absolute atomic E-state index is 0.0131. The maximum Gasteiger partial charge on any atom is 0.159 e. The van der Waals surface area contributed by atoms with Gasteiger partial charge in [-0.1, -0.05) is 18.5 Å². The van der Waals surface area contributed by atoms with Gasteiger partial charge in [0.25, 0.3) is 0 Å². The van der Waals surface area contributed by atoms with Crippen molar-refractivity contribution >= 4 is 17.4 Å². The molecule has 1 aromatic carbocycles. The monoisotopic (exact) mass is 278 g/mol. The summed E-state index contributed by atoms with van der Waals surface area (Å²) in [6, 6.07) is 5.15. The summed E-state index contributed by atoms with van der Waals surface area (Å²) in [5.41, 5.74) is 1.31. The maximum absolute atomic E-state index is 11.3. The molecule has 100 valence electrons. The molecule has 2 aromatic rings. The lowest BCUT2D eigenvalue weighted by atomic mass is 10.1. The van der Waals surface area contributed by atoms with Gasteiger partial charge in [-0.25, -0.2) is 4.68 Å². The first-order chi connectivity index (χ1) is 9.11. The molecule has 0 atom stereocenters. The number of carbonyl (C=O) groups is 1. The standard InChI is InChI=1S/C14H15ClN2O2/c1-3-6-19-12-8-16-17(9-12)14-5-4-11(10(2)18)7-13(14)15/h4-5,7-9H,3,6H2,1-2H3. The van der Waals surface area contributed by atoms with Crippen LogP contribution in [0.3, 0.4) is 0 Å². The van der Waals surface area contributed by atoms with Crippen LogP contribution < -0.4 is 4.74 Å². The van der Waals surface area contributed by atoms with E-state index >= 15 is 0 Å². The number of ether oxygens (including phenoxy) is 1. The molecule has 0 amide bonds. The number of nitrogens with zero attached hydrogens (tertiary/aromatic N) is 2. The van der Waals surface area contributed by atoms with E-state index in [-0.39, 0.29) is 5.78 Å². The second-order valence-corrected chi connectivity index (χ2v) is 4.60. The van der Waals surface area contributed by atoms with Crippen LogP contribution in [-0.4, -0.2) is 22.2 Å². The molecule has 0 unspecified atom stereocenters. The Morgan fingerprint density at radius 2 is 2.26 bits per heavy atom. The van der Waals surface area contributed by atoms with Crippen molar-refractivity contribution in [3.8, 4) is 11.4 Å². The lowest BCUT2D eigenvalue weighted by molar-refractivity contribution is 0.101. The molecule has 0 spiro atoms. The summed E-state index contributed by atoms with van der Waals surface area (Å²) in [5, 5.41) is 4.68. The van der Waals surface area contributed by atoms with Crippen LogP contribution in [0.4, 0.5) is 0 Å². The van der Waals surface area contributed by atoms with Gasteiger partial charge in [-0.15, -0.1) is 0 Å². The Balaban J connectivity index is 2.26. The Hall–Kier alpha value is -1.81. The third-order valence-corrected chi connectivity index (χ3v) is 2.94. The molecule has 0 fully saturated rings. The minimum Gasteiger partial charge on any atom is -0.490 e. The van der Waals surface area contributed by atoms with Crippen LogP contribution in [0.2, 0.25) is 5.02 Å². The highest BCUT2D eigenvalue weighted by molar-refractivity contribution is 6.32. The fourth-order valence-electron chi connectivity index (χ4n) is 1.64. The molecule has 0 aliphatic rings.